The van der Waals surface area contributed by atoms with Gasteiger partial charge >= 0.3 is 0 Å². The van der Waals surface area contributed by atoms with Crippen LogP contribution in [-0.4, -0.2) is 14.5 Å². The lowest BCUT2D eigenvalue weighted by atomic mass is 10.0. The maximum absolute atomic E-state index is 12.2. The molecule has 0 spiro atoms. The van der Waals surface area contributed by atoms with Crippen LogP contribution < -0.4 is 4.72 Å². The van der Waals surface area contributed by atoms with Crippen molar-refractivity contribution in [3.8, 4) is 0 Å². The molecule has 0 aromatic carbocycles. The van der Waals surface area contributed by atoms with Gasteiger partial charge in [-0.3, -0.25) is 0 Å². The van der Waals surface area contributed by atoms with E-state index in [1.165, 1.54) is 24.2 Å². The van der Waals surface area contributed by atoms with Gasteiger partial charge < -0.3 is 0 Å². The van der Waals surface area contributed by atoms with Crippen LogP contribution in [0.2, 0.25) is 0 Å². The predicted octanol–water partition coefficient (Wildman–Crippen LogP) is 3.37. The standard InChI is InChI=1S/C11H16BrNO2S2/c1-8(9-4-2-3-5-9)13-17(14,15)11-10(12)6-7-16-11/h6-9,13H,2-5H2,1H3. The summed E-state index contributed by atoms with van der Waals surface area (Å²) in [5.74, 6) is 0.489. The average Bonchev–Trinajstić information content (AvgIpc) is 2.85. The molecule has 1 saturated carbocycles. The van der Waals surface area contributed by atoms with Gasteiger partial charge in [0.05, 0.1) is 0 Å². The Labute approximate surface area is 115 Å². The molecular weight excluding hydrogens is 322 g/mol. The summed E-state index contributed by atoms with van der Waals surface area (Å²) in [7, 11) is -3.36. The molecule has 0 radical (unpaired) electrons. The summed E-state index contributed by atoms with van der Waals surface area (Å²) in [6.07, 6.45) is 4.71. The molecule has 2 rings (SSSR count). The molecule has 1 N–H and O–H groups in total. The molecule has 6 heteroatoms. The summed E-state index contributed by atoms with van der Waals surface area (Å²) < 4.78 is 28.1. The molecule has 1 atom stereocenters. The molecule has 1 aromatic rings. The molecular formula is C11H16BrNO2S2. The first-order valence-electron chi connectivity index (χ1n) is 5.76. The summed E-state index contributed by atoms with van der Waals surface area (Å²) in [5.41, 5.74) is 0. The van der Waals surface area contributed by atoms with Crippen molar-refractivity contribution in [2.45, 2.75) is 42.9 Å². The van der Waals surface area contributed by atoms with E-state index in [1.807, 2.05) is 6.92 Å². The first kappa shape index (κ1) is 13.5. The zero-order valence-electron chi connectivity index (χ0n) is 9.65. The van der Waals surface area contributed by atoms with Crippen molar-refractivity contribution >= 4 is 37.3 Å². The predicted molar refractivity (Wildman–Crippen MR) is 73.8 cm³/mol. The fraction of sp³-hybridized carbons (Fsp3) is 0.636. The highest BCUT2D eigenvalue weighted by molar-refractivity contribution is 9.10. The van der Waals surface area contributed by atoms with E-state index in [0.717, 1.165) is 12.8 Å². The molecule has 96 valence electrons. The van der Waals surface area contributed by atoms with Gasteiger partial charge in [-0.15, -0.1) is 11.3 Å². The van der Waals surface area contributed by atoms with Crippen LogP contribution in [0.5, 0.6) is 0 Å². The molecule has 1 heterocycles. The molecule has 1 unspecified atom stereocenters. The Morgan fingerprint density at radius 2 is 2.12 bits per heavy atom. The van der Waals surface area contributed by atoms with Gasteiger partial charge in [-0.25, -0.2) is 13.1 Å². The lowest BCUT2D eigenvalue weighted by Gasteiger charge is -2.19. The number of hydrogen-bond acceptors (Lipinski definition) is 3. The van der Waals surface area contributed by atoms with Crippen molar-refractivity contribution < 1.29 is 8.42 Å². The van der Waals surface area contributed by atoms with Crippen LogP contribution in [0.15, 0.2) is 20.1 Å². The van der Waals surface area contributed by atoms with Crippen LogP contribution in [0, 0.1) is 5.92 Å². The van der Waals surface area contributed by atoms with Crippen LogP contribution in [0.3, 0.4) is 0 Å². The maximum atomic E-state index is 12.2. The van der Waals surface area contributed by atoms with E-state index in [4.69, 9.17) is 0 Å². The minimum Gasteiger partial charge on any atom is -0.207 e. The van der Waals surface area contributed by atoms with E-state index in [9.17, 15) is 8.42 Å². The molecule has 0 aliphatic heterocycles. The molecule has 1 aliphatic rings. The normalized spacial score (nSPS) is 19.6. The van der Waals surface area contributed by atoms with E-state index >= 15 is 0 Å². The van der Waals surface area contributed by atoms with Gasteiger partial charge in [-0.05, 0) is 53.1 Å². The van der Waals surface area contributed by atoms with Gasteiger partial charge in [-0.2, -0.15) is 0 Å². The van der Waals surface area contributed by atoms with Crippen LogP contribution in [-0.2, 0) is 10.0 Å². The smallest absolute Gasteiger partial charge is 0.207 e. The third-order valence-electron chi connectivity index (χ3n) is 3.28. The van der Waals surface area contributed by atoms with Crippen LogP contribution in [0.25, 0.3) is 0 Å². The first-order valence-corrected chi connectivity index (χ1v) is 8.91. The molecule has 1 fully saturated rings. The summed E-state index contributed by atoms with van der Waals surface area (Å²) >= 11 is 4.51. The summed E-state index contributed by atoms with van der Waals surface area (Å²) in [6, 6.07) is 1.79. The van der Waals surface area contributed by atoms with Gasteiger partial charge in [0.1, 0.15) is 4.21 Å². The van der Waals surface area contributed by atoms with Gasteiger partial charge in [0.2, 0.25) is 0 Å². The van der Waals surface area contributed by atoms with Crippen molar-refractivity contribution in [2.75, 3.05) is 0 Å². The van der Waals surface area contributed by atoms with Crippen molar-refractivity contribution in [1.82, 2.24) is 4.72 Å². The second-order valence-electron chi connectivity index (χ2n) is 4.51. The second-order valence-corrected chi connectivity index (χ2v) is 8.19. The Morgan fingerprint density at radius 3 is 2.65 bits per heavy atom. The number of rotatable bonds is 4. The molecule has 1 aromatic heterocycles. The maximum Gasteiger partial charge on any atom is 0.251 e. The minimum atomic E-state index is -3.36. The number of nitrogens with one attached hydrogen (secondary N) is 1. The largest absolute Gasteiger partial charge is 0.251 e. The van der Waals surface area contributed by atoms with Gasteiger partial charge in [0, 0.05) is 10.5 Å². The van der Waals surface area contributed by atoms with Gasteiger partial charge in [0.15, 0.2) is 0 Å². The van der Waals surface area contributed by atoms with Crippen molar-refractivity contribution in [2.24, 2.45) is 5.92 Å². The van der Waals surface area contributed by atoms with E-state index in [0.29, 0.717) is 14.6 Å². The van der Waals surface area contributed by atoms with Crippen LogP contribution in [0.1, 0.15) is 32.6 Å². The van der Waals surface area contributed by atoms with E-state index < -0.39 is 10.0 Å². The highest BCUT2D eigenvalue weighted by Gasteiger charge is 2.27. The van der Waals surface area contributed by atoms with Crippen molar-refractivity contribution in [1.29, 1.82) is 0 Å². The Kier molecular flexibility index (Phi) is 4.28. The van der Waals surface area contributed by atoms with Crippen LogP contribution in [0.4, 0.5) is 0 Å². The third kappa shape index (κ3) is 3.10. The Balaban J connectivity index is 2.09. The number of sulfonamides is 1. The monoisotopic (exact) mass is 337 g/mol. The molecule has 1 aliphatic carbocycles. The number of thiophene rings is 1. The molecule has 17 heavy (non-hydrogen) atoms. The molecule has 0 amide bonds. The van der Waals surface area contributed by atoms with Crippen LogP contribution >= 0.6 is 27.3 Å². The minimum absolute atomic E-state index is 0.0245. The molecule has 3 nitrogen and oxygen atoms in total. The highest BCUT2D eigenvalue weighted by atomic mass is 79.9. The first-order chi connectivity index (χ1) is 8.00. The lowest BCUT2D eigenvalue weighted by Crippen LogP contribution is -2.36. The van der Waals surface area contributed by atoms with Gasteiger partial charge in [0.25, 0.3) is 10.0 Å². The zero-order valence-corrected chi connectivity index (χ0v) is 12.9. The third-order valence-corrected chi connectivity index (χ3v) is 7.51. The van der Waals surface area contributed by atoms with Crippen molar-refractivity contribution in [3.63, 3.8) is 0 Å². The fourth-order valence-corrected chi connectivity index (χ4v) is 5.99. The highest BCUT2D eigenvalue weighted by Crippen LogP contribution is 2.31. The zero-order chi connectivity index (χ0) is 12.5. The fourth-order valence-electron chi connectivity index (χ4n) is 2.32. The summed E-state index contributed by atoms with van der Waals surface area (Å²) in [4.78, 5) is 0. The SMILES string of the molecule is CC(NS(=O)(=O)c1sccc1Br)C1CCCC1. The number of halogens is 1. The summed E-state index contributed by atoms with van der Waals surface area (Å²) in [5, 5.41) is 1.78. The van der Waals surface area contributed by atoms with E-state index in [2.05, 4.69) is 20.7 Å². The lowest BCUT2D eigenvalue weighted by molar-refractivity contribution is 0.424. The van der Waals surface area contributed by atoms with Gasteiger partial charge in [-0.1, -0.05) is 12.8 Å². The second kappa shape index (κ2) is 5.38. The molecule has 0 bridgehead atoms. The quantitative estimate of drug-likeness (QED) is 0.915. The number of hydrogen-bond donors (Lipinski definition) is 1. The Morgan fingerprint density at radius 1 is 1.47 bits per heavy atom. The Hall–Kier alpha value is 0.0900. The van der Waals surface area contributed by atoms with Crippen molar-refractivity contribution in [3.05, 3.63) is 15.9 Å². The van der Waals surface area contributed by atoms with E-state index in [1.54, 1.807) is 11.4 Å². The van der Waals surface area contributed by atoms with E-state index in [-0.39, 0.29) is 6.04 Å². The molecule has 0 saturated heterocycles. The summed E-state index contributed by atoms with van der Waals surface area (Å²) in [6.45, 7) is 1.97. The Bertz CT molecular complexity index is 477. The average molecular weight is 338 g/mol. The topological polar surface area (TPSA) is 46.2 Å².